The Morgan fingerprint density at radius 1 is 1.26 bits per heavy atom. The van der Waals surface area contributed by atoms with Gasteiger partial charge >= 0.3 is 13.6 Å². The molecule has 120 valence electrons. The van der Waals surface area contributed by atoms with E-state index in [0.29, 0.717) is 22.6 Å². The monoisotopic (exact) mass is 333 g/mol. The molecule has 0 saturated heterocycles. The predicted octanol–water partition coefficient (Wildman–Crippen LogP) is 2.31. The molecule has 0 saturated carbocycles. The molecule has 23 heavy (non-hydrogen) atoms. The summed E-state index contributed by atoms with van der Waals surface area (Å²) in [5.41, 5.74) is 8.74. The summed E-state index contributed by atoms with van der Waals surface area (Å²) in [6.07, 6.45) is -0.423. The number of rotatable bonds is 3. The van der Waals surface area contributed by atoms with Crippen LogP contribution in [-0.4, -0.2) is 15.8 Å². The molecule has 1 unspecified atom stereocenters. The zero-order valence-corrected chi connectivity index (χ0v) is 13.3. The number of fused-ring (bicyclic) bond motifs is 1. The van der Waals surface area contributed by atoms with Crippen molar-refractivity contribution in [1.29, 1.82) is 0 Å². The molecule has 3 rings (SSSR count). The maximum absolute atomic E-state index is 12.3. The standard InChI is InChI=1S/C16H16NO5P/c1-9-3-2-4-13-14(16(18)22-15(9)13)11-5-10(6-12(17)7-11)8-23(19,20)21/h2-7,14H,8,17H2,1H3,(H2,19,20,21). The zero-order valence-electron chi connectivity index (χ0n) is 12.4. The van der Waals surface area contributed by atoms with Gasteiger partial charge in [-0.05, 0) is 35.7 Å². The number of nitrogens with two attached hydrogens (primary N) is 1. The first-order valence-corrected chi connectivity index (χ1v) is 8.79. The van der Waals surface area contributed by atoms with Gasteiger partial charge in [0.05, 0.1) is 6.16 Å². The van der Waals surface area contributed by atoms with Crippen molar-refractivity contribution in [2.24, 2.45) is 0 Å². The SMILES string of the molecule is Cc1cccc2c1OC(=O)C2c1cc(N)cc(CP(=O)(O)O)c1. The van der Waals surface area contributed by atoms with Crippen LogP contribution < -0.4 is 10.5 Å². The maximum atomic E-state index is 12.3. The minimum atomic E-state index is -4.22. The molecule has 0 spiro atoms. The largest absolute Gasteiger partial charge is 0.425 e. The number of esters is 1. The predicted molar refractivity (Wildman–Crippen MR) is 85.3 cm³/mol. The van der Waals surface area contributed by atoms with Crippen LogP contribution in [0.15, 0.2) is 36.4 Å². The van der Waals surface area contributed by atoms with Gasteiger partial charge in [0.2, 0.25) is 0 Å². The van der Waals surface area contributed by atoms with Gasteiger partial charge in [0.1, 0.15) is 11.7 Å². The fraction of sp³-hybridized carbons (Fsp3) is 0.188. The average Bonchev–Trinajstić information content (AvgIpc) is 2.73. The Hall–Kier alpha value is -2.14. The highest BCUT2D eigenvalue weighted by atomic mass is 31.2. The van der Waals surface area contributed by atoms with Gasteiger partial charge in [0.25, 0.3) is 0 Å². The van der Waals surface area contributed by atoms with Crippen molar-refractivity contribution < 1.29 is 23.9 Å². The van der Waals surface area contributed by atoms with Crippen LogP contribution in [0.5, 0.6) is 5.75 Å². The molecule has 1 atom stereocenters. The molecule has 0 aliphatic carbocycles. The Morgan fingerprint density at radius 3 is 2.70 bits per heavy atom. The van der Waals surface area contributed by atoms with E-state index in [1.807, 2.05) is 25.1 Å². The second-order valence-electron chi connectivity index (χ2n) is 5.68. The molecule has 7 heteroatoms. The van der Waals surface area contributed by atoms with Crippen LogP contribution in [0.1, 0.15) is 28.2 Å². The quantitative estimate of drug-likeness (QED) is 0.344. The first kappa shape index (κ1) is 15.7. The fourth-order valence-corrected chi connectivity index (χ4v) is 3.54. The third-order valence-electron chi connectivity index (χ3n) is 3.75. The first-order valence-electron chi connectivity index (χ1n) is 7.00. The van der Waals surface area contributed by atoms with Crippen LogP contribution in [0, 0.1) is 6.92 Å². The first-order chi connectivity index (χ1) is 10.7. The van der Waals surface area contributed by atoms with Crippen LogP contribution in [0.25, 0.3) is 0 Å². The van der Waals surface area contributed by atoms with Crippen molar-refractivity contribution in [2.45, 2.75) is 19.0 Å². The van der Waals surface area contributed by atoms with Crippen LogP contribution in [0.3, 0.4) is 0 Å². The molecule has 0 fully saturated rings. The summed E-state index contributed by atoms with van der Waals surface area (Å²) >= 11 is 0. The normalized spacial score (nSPS) is 17.0. The van der Waals surface area contributed by atoms with Crippen LogP contribution in [-0.2, 0) is 15.5 Å². The van der Waals surface area contributed by atoms with Gasteiger partial charge in [-0.25, -0.2) is 0 Å². The number of hydrogen-bond donors (Lipinski definition) is 3. The molecule has 1 aliphatic heterocycles. The van der Waals surface area contributed by atoms with Crippen molar-refractivity contribution in [3.8, 4) is 5.75 Å². The molecular weight excluding hydrogens is 317 g/mol. The van der Waals surface area contributed by atoms with E-state index < -0.39 is 25.6 Å². The number of nitrogen functional groups attached to an aromatic ring is 1. The summed E-state index contributed by atoms with van der Waals surface area (Å²) in [6, 6.07) is 10.2. The molecular formula is C16H16NO5P. The third-order valence-corrected chi connectivity index (χ3v) is 4.53. The molecule has 0 aromatic heterocycles. The second-order valence-corrected chi connectivity index (χ2v) is 7.32. The Labute approximate surface area is 133 Å². The lowest BCUT2D eigenvalue weighted by Gasteiger charge is -2.12. The molecule has 4 N–H and O–H groups in total. The second kappa shape index (κ2) is 5.49. The molecule has 0 amide bonds. The minimum Gasteiger partial charge on any atom is -0.425 e. The number of carbonyl (C=O) groups is 1. The summed E-state index contributed by atoms with van der Waals surface area (Å²) in [6.45, 7) is 1.85. The van der Waals surface area contributed by atoms with Crippen molar-refractivity contribution in [2.75, 3.05) is 5.73 Å². The van der Waals surface area contributed by atoms with Crippen molar-refractivity contribution in [3.63, 3.8) is 0 Å². The highest BCUT2D eigenvalue weighted by Gasteiger charge is 2.35. The summed E-state index contributed by atoms with van der Waals surface area (Å²) in [5.74, 6) is -0.507. The van der Waals surface area contributed by atoms with Gasteiger partial charge in [-0.15, -0.1) is 0 Å². The summed E-state index contributed by atoms with van der Waals surface area (Å²) < 4.78 is 16.6. The molecule has 6 nitrogen and oxygen atoms in total. The van der Waals surface area contributed by atoms with Gasteiger partial charge in [-0.2, -0.15) is 0 Å². The summed E-state index contributed by atoms with van der Waals surface area (Å²) in [4.78, 5) is 30.6. The molecule has 1 heterocycles. The molecule has 2 aromatic carbocycles. The van der Waals surface area contributed by atoms with E-state index in [2.05, 4.69) is 0 Å². The van der Waals surface area contributed by atoms with E-state index >= 15 is 0 Å². The van der Waals surface area contributed by atoms with Gasteiger partial charge in [-0.1, -0.05) is 24.3 Å². The number of carbonyl (C=O) groups excluding carboxylic acids is 1. The third kappa shape index (κ3) is 3.15. The van der Waals surface area contributed by atoms with E-state index in [0.717, 1.165) is 11.1 Å². The topological polar surface area (TPSA) is 110 Å². The Morgan fingerprint density at radius 2 is 2.00 bits per heavy atom. The van der Waals surface area contributed by atoms with Crippen molar-refractivity contribution in [1.82, 2.24) is 0 Å². The lowest BCUT2D eigenvalue weighted by molar-refractivity contribution is -0.133. The lowest BCUT2D eigenvalue weighted by atomic mass is 9.90. The molecule has 2 aromatic rings. The number of para-hydroxylation sites is 1. The molecule has 1 aliphatic rings. The van der Waals surface area contributed by atoms with E-state index in [9.17, 15) is 9.36 Å². The summed E-state index contributed by atoms with van der Waals surface area (Å²) in [7, 11) is -4.22. The highest BCUT2D eigenvalue weighted by molar-refractivity contribution is 7.50. The van der Waals surface area contributed by atoms with Crippen LogP contribution in [0.4, 0.5) is 5.69 Å². The Bertz CT molecular complexity index is 842. The Kier molecular flexibility index (Phi) is 3.76. The van der Waals surface area contributed by atoms with Gasteiger partial charge in [0.15, 0.2) is 0 Å². The highest BCUT2D eigenvalue weighted by Crippen LogP contribution is 2.43. The van der Waals surface area contributed by atoms with E-state index in [4.69, 9.17) is 20.3 Å². The lowest BCUT2D eigenvalue weighted by Crippen LogP contribution is -2.12. The van der Waals surface area contributed by atoms with E-state index in [1.165, 1.54) is 6.07 Å². The maximum Gasteiger partial charge on any atom is 0.329 e. The number of aryl methyl sites for hydroxylation is 1. The molecule has 0 radical (unpaired) electrons. The van der Waals surface area contributed by atoms with Crippen molar-refractivity contribution in [3.05, 3.63) is 58.7 Å². The number of benzene rings is 2. The van der Waals surface area contributed by atoms with Gasteiger partial charge in [-0.3, -0.25) is 9.36 Å². The minimum absolute atomic E-state index is 0.347. The van der Waals surface area contributed by atoms with Crippen molar-refractivity contribution >= 4 is 19.3 Å². The smallest absolute Gasteiger partial charge is 0.329 e. The Balaban J connectivity index is 2.08. The number of anilines is 1. The zero-order chi connectivity index (χ0) is 16.8. The fourth-order valence-electron chi connectivity index (χ4n) is 2.89. The van der Waals surface area contributed by atoms with E-state index in [-0.39, 0.29) is 0 Å². The number of hydrogen-bond acceptors (Lipinski definition) is 4. The molecule has 0 bridgehead atoms. The average molecular weight is 333 g/mol. The summed E-state index contributed by atoms with van der Waals surface area (Å²) in [5, 5.41) is 0. The van der Waals surface area contributed by atoms with Gasteiger partial charge in [0, 0.05) is 11.3 Å². The van der Waals surface area contributed by atoms with Crippen LogP contribution in [0.2, 0.25) is 0 Å². The van der Waals surface area contributed by atoms with E-state index in [1.54, 1.807) is 12.1 Å². The van der Waals surface area contributed by atoms with Gasteiger partial charge < -0.3 is 20.3 Å². The number of ether oxygens (including phenoxy) is 1. The van der Waals surface area contributed by atoms with Crippen LogP contribution >= 0.6 is 7.60 Å².